The van der Waals surface area contributed by atoms with Crippen LogP contribution >= 0.6 is 22.6 Å². The molecule has 100 valence electrons. The fourth-order valence-corrected chi connectivity index (χ4v) is 1.88. The van der Waals surface area contributed by atoms with Crippen LogP contribution in [0.2, 0.25) is 0 Å². The maximum Gasteiger partial charge on any atom is 0.268 e. The molecule has 0 unspecified atom stereocenters. The van der Waals surface area contributed by atoms with Gasteiger partial charge in [0.15, 0.2) is 5.82 Å². The molecule has 19 heavy (non-hydrogen) atoms. The van der Waals surface area contributed by atoms with Gasteiger partial charge in [0, 0.05) is 10.1 Å². The second kappa shape index (κ2) is 6.55. The number of anilines is 1. The lowest BCUT2D eigenvalue weighted by atomic mass is 10.3. The summed E-state index contributed by atoms with van der Waals surface area (Å²) in [5.74, 6) is 2.23. The number of hydrogen-bond acceptors (Lipinski definition) is 5. The molecule has 0 saturated carbocycles. The van der Waals surface area contributed by atoms with E-state index < -0.39 is 0 Å². The van der Waals surface area contributed by atoms with Crippen molar-refractivity contribution < 1.29 is 9.47 Å². The molecule has 0 saturated heterocycles. The molecule has 0 aliphatic carbocycles. The van der Waals surface area contributed by atoms with Crippen molar-refractivity contribution >= 4 is 28.4 Å². The van der Waals surface area contributed by atoms with Crippen LogP contribution in [0.3, 0.4) is 0 Å². The summed E-state index contributed by atoms with van der Waals surface area (Å²) in [7, 11) is 1.57. The molecule has 2 rings (SSSR count). The van der Waals surface area contributed by atoms with Crippen LogP contribution in [0, 0.1) is 3.57 Å². The minimum absolute atomic E-state index is 0.398. The SMILES string of the molecule is CCNc1ncnc(Oc2ccc(I)cc2)c1OC. The molecule has 6 heteroatoms. The van der Waals surface area contributed by atoms with Crippen molar-refractivity contribution in [3.05, 3.63) is 34.2 Å². The van der Waals surface area contributed by atoms with Crippen LogP contribution in [0.15, 0.2) is 30.6 Å². The van der Waals surface area contributed by atoms with Crippen LogP contribution in [-0.2, 0) is 0 Å². The fraction of sp³-hybridized carbons (Fsp3) is 0.231. The Morgan fingerprint density at radius 1 is 1.21 bits per heavy atom. The van der Waals surface area contributed by atoms with Gasteiger partial charge in [-0.15, -0.1) is 0 Å². The van der Waals surface area contributed by atoms with Crippen molar-refractivity contribution in [2.75, 3.05) is 19.0 Å². The number of methoxy groups -OCH3 is 1. The van der Waals surface area contributed by atoms with E-state index in [0.717, 1.165) is 10.1 Å². The Morgan fingerprint density at radius 3 is 2.58 bits per heavy atom. The van der Waals surface area contributed by atoms with E-state index in [2.05, 4.69) is 37.9 Å². The Kier molecular flexibility index (Phi) is 4.78. The van der Waals surface area contributed by atoms with Gasteiger partial charge in [0.05, 0.1) is 7.11 Å². The Hall–Kier alpha value is -1.57. The van der Waals surface area contributed by atoms with E-state index in [1.165, 1.54) is 6.33 Å². The first-order valence-electron chi connectivity index (χ1n) is 5.81. The van der Waals surface area contributed by atoms with Crippen molar-refractivity contribution in [1.82, 2.24) is 9.97 Å². The van der Waals surface area contributed by atoms with Gasteiger partial charge in [-0.1, -0.05) is 0 Å². The summed E-state index contributed by atoms with van der Waals surface area (Å²) in [6, 6.07) is 7.70. The molecule has 0 amide bonds. The van der Waals surface area contributed by atoms with E-state index in [1.54, 1.807) is 7.11 Å². The van der Waals surface area contributed by atoms with Crippen LogP contribution in [0.4, 0.5) is 5.82 Å². The predicted molar refractivity (Wildman–Crippen MR) is 82.0 cm³/mol. The highest BCUT2D eigenvalue weighted by Crippen LogP contribution is 2.34. The van der Waals surface area contributed by atoms with Gasteiger partial charge < -0.3 is 14.8 Å². The minimum Gasteiger partial charge on any atom is -0.489 e. The van der Waals surface area contributed by atoms with E-state index in [-0.39, 0.29) is 0 Å². The number of ether oxygens (including phenoxy) is 2. The molecular weight excluding hydrogens is 357 g/mol. The van der Waals surface area contributed by atoms with Crippen molar-refractivity contribution in [1.29, 1.82) is 0 Å². The molecule has 1 N–H and O–H groups in total. The summed E-state index contributed by atoms with van der Waals surface area (Å²) in [5, 5.41) is 3.11. The van der Waals surface area contributed by atoms with Crippen LogP contribution in [0.5, 0.6) is 17.4 Å². The van der Waals surface area contributed by atoms with E-state index >= 15 is 0 Å². The minimum atomic E-state index is 0.398. The highest BCUT2D eigenvalue weighted by atomic mass is 127. The molecule has 0 bridgehead atoms. The molecule has 1 heterocycles. The molecule has 1 aromatic carbocycles. The molecule has 0 radical (unpaired) electrons. The first kappa shape index (κ1) is 13.9. The average molecular weight is 371 g/mol. The summed E-state index contributed by atoms with van der Waals surface area (Å²) in [6.45, 7) is 2.73. The quantitative estimate of drug-likeness (QED) is 0.818. The summed E-state index contributed by atoms with van der Waals surface area (Å²) in [5.41, 5.74) is 0. The lowest BCUT2D eigenvalue weighted by Crippen LogP contribution is -2.04. The largest absolute Gasteiger partial charge is 0.489 e. The summed E-state index contributed by atoms with van der Waals surface area (Å²) >= 11 is 2.24. The standard InChI is InChI=1S/C13H14IN3O2/c1-3-15-12-11(18-2)13(17-8-16-12)19-10-6-4-9(14)5-7-10/h4-8H,3H2,1-2H3,(H,15,16,17). The van der Waals surface area contributed by atoms with Crippen LogP contribution in [-0.4, -0.2) is 23.6 Å². The zero-order valence-corrected chi connectivity index (χ0v) is 12.8. The maximum absolute atomic E-state index is 5.72. The zero-order valence-electron chi connectivity index (χ0n) is 10.7. The molecule has 0 aliphatic rings. The third-order valence-corrected chi connectivity index (χ3v) is 3.07. The molecule has 0 aliphatic heterocycles. The Balaban J connectivity index is 2.28. The fourth-order valence-electron chi connectivity index (χ4n) is 1.52. The van der Waals surface area contributed by atoms with Gasteiger partial charge in [0.1, 0.15) is 12.1 Å². The topological polar surface area (TPSA) is 56.3 Å². The smallest absolute Gasteiger partial charge is 0.268 e. The van der Waals surface area contributed by atoms with E-state index in [1.807, 2.05) is 31.2 Å². The molecule has 2 aromatic rings. The lowest BCUT2D eigenvalue weighted by molar-refractivity contribution is 0.369. The van der Waals surface area contributed by atoms with Gasteiger partial charge >= 0.3 is 0 Å². The van der Waals surface area contributed by atoms with E-state index in [4.69, 9.17) is 9.47 Å². The summed E-state index contributed by atoms with van der Waals surface area (Å²) < 4.78 is 12.2. The summed E-state index contributed by atoms with van der Waals surface area (Å²) in [6.07, 6.45) is 1.45. The van der Waals surface area contributed by atoms with Crippen molar-refractivity contribution in [3.63, 3.8) is 0 Å². The van der Waals surface area contributed by atoms with Crippen molar-refractivity contribution in [2.45, 2.75) is 6.92 Å². The highest BCUT2D eigenvalue weighted by Gasteiger charge is 2.13. The average Bonchev–Trinajstić information content (AvgIpc) is 2.42. The van der Waals surface area contributed by atoms with E-state index in [9.17, 15) is 0 Å². The maximum atomic E-state index is 5.72. The first-order chi connectivity index (χ1) is 9.24. The zero-order chi connectivity index (χ0) is 13.7. The molecule has 5 nitrogen and oxygen atoms in total. The van der Waals surface area contributed by atoms with Crippen LogP contribution in [0.1, 0.15) is 6.92 Å². The molecular formula is C13H14IN3O2. The van der Waals surface area contributed by atoms with E-state index in [0.29, 0.717) is 23.2 Å². The molecule has 1 aromatic heterocycles. The van der Waals surface area contributed by atoms with Gasteiger partial charge in [-0.2, -0.15) is 4.98 Å². The lowest BCUT2D eigenvalue weighted by Gasteiger charge is -2.12. The van der Waals surface area contributed by atoms with Crippen molar-refractivity contribution in [2.24, 2.45) is 0 Å². The third-order valence-electron chi connectivity index (χ3n) is 2.35. The summed E-state index contributed by atoms with van der Waals surface area (Å²) in [4.78, 5) is 8.24. The number of halogens is 1. The highest BCUT2D eigenvalue weighted by molar-refractivity contribution is 14.1. The Labute approximate surface area is 125 Å². The van der Waals surface area contributed by atoms with Gasteiger partial charge in [-0.3, -0.25) is 0 Å². The first-order valence-corrected chi connectivity index (χ1v) is 6.88. The van der Waals surface area contributed by atoms with Gasteiger partial charge in [-0.05, 0) is 53.8 Å². The van der Waals surface area contributed by atoms with Gasteiger partial charge in [0.2, 0.25) is 5.75 Å². The normalized spacial score (nSPS) is 10.1. The van der Waals surface area contributed by atoms with Crippen LogP contribution in [0.25, 0.3) is 0 Å². The number of benzene rings is 1. The number of nitrogens with one attached hydrogen (secondary N) is 1. The molecule has 0 atom stereocenters. The number of hydrogen-bond donors (Lipinski definition) is 1. The second-order valence-corrected chi connectivity index (χ2v) is 4.89. The molecule has 0 spiro atoms. The Bertz CT molecular complexity index is 546. The second-order valence-electron chi connectivity index (χ2n) is 3.65. The molecule has 0 fully saturated rings. The Morgan fingerprint density at radius 2 is 1.95 bits per heavy atom. The van der Waals surface area contributed by atoms with Crippen LogP contribution < -0.4 is 14.8 Å². The predicted octanol–water partition coefficient (Wildman–Crippen LogP) is 3.31. The third kappa shape index (κ3) is 3.46. The van der Waals surface area contributed by atoms with Gasteiger partial charge in [-0.25, -0.2) is 4.98 Å². The van der Waals surface area contributed by atoms with Gasteiger partial charge in [0.25, 0.3) is 5.88 Å². The number of rotatable bonds is 5. The monoisotopic (exact) mass is 371 g/mol. The van der Waals surface area contributed by atoms with Crippen molar-refractivity contribution in [3.8, 4) is 17.4 Å². The number of aromatic nitrogens is 2. The number of nitrogens with zero attached hydrogens (tertiary/aromatic N) is 2.